The minimum absolute atomic E-state index is 0.0466. The van der Waals surface area contributed by atoms with Gasteiger partial charge in [-0.05, 0) is 32.1 Å². The van der Waals surface area contributed by atoms with Gasteiger partial charge in [-0.1, -0.05) is 42.5 Å². The van der Waals surface area contributed by atoms with Crippen molar-refractivity contribution in [3.8, 4) is 0 Å². The fourth-order valence-corrected chi connectivity index (χ4v) is 3.76. The monoisotopic (exact) mass is 374 g/mol. The molecule has 27 heavy (non-hydrogen) atoms. The number of piperidine rings is 1. The van der Waals surface area contributed by atoms with Crippen LogP contribution in [0.5, 0.6) is 0 Å². The van der Waals surface area contributed by atoms with Gasteiger partial charge in [-0.2, -0.15) is 0 Å². The van der Waals surface area contributed by atoms with Crippen LogP contribution in [0.15, 0.2) is 48.5 Å². The molecule has 0 bridgehead atoms. The zero-order chi connectivity index (χ0) is 19.6. The van der Waals surface area contributed by atoms with Gasteiger partial charge in [-0.25, -0.2) is 8.78 Å². The Balaban J connectivity index is 1.78. The summed E-state index contributed by atoms with van der Waals surface area (Å²) in [6.45, 7) is 0.666. The van der Waals surface area contributed by atoms with Crippen LogP contribution in [-0.2, 0) is 16.8 Å². The third kappa shape index (κ3) is 3.87. The molecule has 0 radical (unpaired) electrons. The van der Waals surface area contributed by atoms with Crippen LogP contribution < -0.4 is 0 Å². The zero-order valence-corrected chi connectivity index (χ0v) is 15.5. The van der Waals surface area contributed by atoms with Crippen LogP contribution in [0, 0.1) is 11.6 Å². The molecule has 2 aromatic rings. The molecule has 1 fully saturated rings. The van der Waals surface area contributed by atoms with Crippen molar-refractivity contribution in [1.29, 1.82) is 0 Å². The Hall–Kier alpha value is -2.31. The summed E-state index contributed by atoms with van der Waals surface area (Å²) in [7, 11) is 3.72. The molecule has 0 aliphatic carbocycles. The van der Waals surface area contributed by atoms with Gasteiger partial charge in [0.15, 0.2) is 11.6 Å². The summed E-state index contributed by atoms with van der Waals surface area (Å²) in [4.78, 5) is 16.2. The van der Waals surface area contributed by atoms with Gasteiger partial charge < -0.3 is 14.9 Å². The second kappa shape index (κ2) is 7.74. The molecule has 144 valence electrons. The summed E-state index contributed by atoms with van der Waals surface area (Å²) in [6, 6.07) is 13.0. The van der Waals surface area contributed by atoms with Crippen molar-refractivity contribution in [3.05, 3.63) is 71.3 Å². The van der Waals surface area contributed by atoms with E-state index in [1.54, 1.807) is 4.90 Å². The number of carbonyl (C=O) groups is 1. The maximum absolute atomic E-state index is 13.9. The first kappa shape index (κ1) is 19.5. The molecule has 1 saturated heterocycles. The van der Waals surface area contributed by atoms with Crippen molar-refractivity contribution in [3.63, 3.8) is 0 Å². The van der Waals surface area contributed by atoms with E-state index in [2.05, 4.69) is 0 Å². The molecule has 2 atom stereocenters. The molecule has 6 heteroatoms. The molecule has 1 amide bonds. The van der Waals surface area contributed by atoms with Gasteiger partial charge in [0.1, 0.15) is 5.60 Å². The number of amides is 1. The Morgan fingerprint density at radius 3 is 2.56 bits per heavy atom. The quantitative estimate of drug-likeness (QED) is 0.895. The lowest BCUT2D eigenvalue weighted by Crippen LogP contribution is -2.60. The van der Waals surface area contributed by atoms with E-state index in [-0.39, 0.29) is 23.9 Å². The molecular weight excluding hydrogens is 350 g/mol. The van der Waals surface area contributed by atoms with Gasteiger partial charge in [0.25, 0.3) is 0 Å². The topological polar surface area (TPSA) is 43.8 Å². The number of hydrogen-bond donors (Lipinski definition) is 1. The zero-order valence-electron chi connectivity index (χ0n) is 15.5. The fraction of sp³-hybridized carbons (Fsp3) is 0.381. The van der Waals surface area contributed by atoms with Crippen LogP contribution in [0.25, 0.3) is 0 Å². The predicted octanol–water partition coefficient (Wildman–Crippen LogP) is 2.56. The number of hydrogen-bond acceptors (Lipinski definition) is 3. The largest absolute Gasteiger partial charge is 0.383 e. The third-order valence-corrected chi connectivity index (χ3v) is 5.33. The van der Waals surface area contributed by atoms with E-state index < -0.39 is 17.2 Å². The fourth-order valence-electron chi connectivity index (χ4n) is 3.76. The molecule has 0 unspecified atom stereocenters. The lowest BCUT2D eigenvalue weighted by molar-refractivity contribution is -0.141. The number of rotatable bonds is 4. The average Bonchev–Trinajstić information content (AvgIpc) is 2.66. The Morgan fingerprint density at radius 2 is 1.89 bits per heavy atom. The molecule has 1 heterocycles. The summed E-state index contributed by atoms with van der Waals surface area (Å²) >= 11 is 0. The molecule has 0 aromatic heterocycles. The summed E-state index contributed by atoms with van der Waals surface area (Å²) < 4.78 is 27.3. The first-order valence-corrected chi connectivity index (χ1v) is 8.98. The molecule has 0 spiro atoms. The van der Waals surface area contributed by atoms with Crippen LogP contribution >= 0.6 is 0 Å². The van der Waals surface area contributed by atoms with Crippen LogP contribution in [0.2, 0.25) is 0 Å². The van der Waals surface area contributed by atoms with Crippen molar-refractivity contribution < 1.29 is 18.7 Å². The second-order valence-corrected chi connectivity index (χ2v) is 7.25. The number of likely N-dealkylation sites (N-methyl/N-ethyl adjacent to an activating group) is 1. The van der Waals surface area contributed by atoms with Crippen molar-refractivity contribution >= 4 is 5.91 Å². The van der Waals surface area contributed by atoms with E-state index in [9.17, 15) is 18.7 Å². The van der Waals surface area contributed by atoms with Crippen LogP contribution in [0.1, 0.15) is 17.5 Å². The van der Waals surface area contributed by atoms with E-state index in [1.165, 1.54) is 12.1 Å². The van der Waals surface area contributed by atoms with Gasteiger partial charge >= 0.3 is 0 Å². The molecule has 0 saturated carbocycles. The van der Waals surface area contributed by atoms with Crippen molar-refractivity contribution in [2.75, 3.05) is 27.2 Å². The molecule has 1 N–H and O–H groups in total. The lowest BCUT2D eigenvalue weighted by atomic mass is 9.79. The summed E-state index contributed by atoms with van der Waals surface area (Å²) in [5.74, 6) is -2.21. The number of nitrogens with zero attached hydrogens (tertiary/aromatic N) is 2. The lowest BCUT2D eigenvalue weighted by Gasteiger charge is -2.47. The Bertz CT molecular complexity index is 813. The molecule has 2 aromatic carbocycles. The van der Waals surface area contributed by atoms with Crippen LogP contribution in [-0.4, -0.2) is 54.0 Å². The van der Waals surface area contributed by atoms with Crippen molar-refractivity contribution in [2.45, 2.75) is 24.5 Å². The van der Waals surface area contributed by atoms with Gasteiger partial charge in [-0.15, -0.1) is 0 Å². The number of carbonyl (C=O) groups excluding carboxylic acids is 1. The highest BCUT2D eigenvalue weighted by Gasteiger charge is 2.45. The normalized spacial score (nSPS) is 22.9. The van der Waals surface area contributed by atoms with Crippen LogP contribution in [0.4, 0.5) is 8.78 Å². The Morgan fingerprint density at radius 1 is 1.19 bits per heavy atom. The van der Waals surface area contributed by atoms with Gasteiger partial charge in [0.2, 0.25) is 5.91 Å². The SMILES string of the molecule is CN(C)[C@@H]1CN(C(=O)Cc2cccc(F)c2F)CC[C@]1(O)c1ccccc1. The van der Waals surface area contributed by atoms with E-state index >= 15 is 0 Å². The predicted molar refractivity (Wildman–Crippen MR) is 99.1 cm³/mol. The van der Waals surface area contributed by atoms with Gasteiger partial charge in [0.05, 0.1) is 12.5 Å². The van der Waals surface area contributed by atoms with E-state index in [0.29, 0.717) is 19.5 Å². The molecular formula is C21H24F2N2O2. The smallest absolute Gasteiger partial charge is 0.227 e. The molecule has 3 rings (SSSR count). The number of benzene rings is 2. The molecule has 1 aliphatic heterocycles. The first-order chi connectivity index (χ1) is 12.8. The Kier molecular flexibility index (Phi) is 5.58. The highest BCUT2D eigenvalue weighted by Crippen LogP contribution is 2.35. The Labute approximate surface area is 158 Å². The minimum Gasteiger partial charge on any atom is -0.383 e. The molecule has 1 aliphatic rings. The van der Waals surface area contributed by atoms with E-state index in [0.717, 1.165) is 11.6 Å². The molecule has 4 nitrogen and oxygen atoms in total. The van der Waals surface area contributed by atoms with E-state index in [1.807, 2.05) is 49.3 Å². The summed E-state index contributed by atoms with van der Waals surface area (Å²) in [6.07, 6.45) is 0.171. The van der Waals surface area contributed by atoms with E-state index in [4.69, 9.17) is 0 Å². The third-order valence-electron chi connectivity index (χ3n) is 5.33. The average molecular weight is 374 g/mol. The summed E-state index contributed by atoms with van der Waals surface area (Å²) in [5.41, 5.74) is -0.219. The second-order valence-electron chi connectivity index (χ2n) is 7.25. The van der Waals surface area contributed by atoms with Crippen molar-refractivity contribution in [1.82, 2.24) is 9.80 Å². The maximum atomic E-state index is 13.9. The number of aliphatic hydroxyl groups is 1. The highest BCUT2D eigenvalue weighted by atomic mass is 19.2. The van der Waals surface area contributed by atoms with Gasteiger partial charge in [0, 0.05) is 18.7 Å². The maximum Gasteiger partial charge on any atom is 0.227 e. The highest BCUT2D eigenvalue weighted by molar-refractivity contribution is 5.79. The summed E-state index contributed by atoms with van der Waals surface area (Å²) in [5, 5.41) is 11.4. The first-order valence-electron chi connectivity index (χ1n) is 8.98. The van der Waals surface area contributed by atoms with Crippen LogP contribution in [0.3, 0.4) is 0 Å². The number of likely N-dealkylation sites (tertiary alicyclic amines) is 1. The van der Waals surface area contributed by atoms with Gasteiger partial charge in [-0.3, -0.25) is 4.79 Å². The van der Waals surface area contributed by atoms with Crippen molar-refractivity contribution in [2.24, 2.45) is 0 Å². The standard InChI is InChI=1S/C21H24F2N2O2/c1-24(2)18-14-25(12-11-21(18,27)16-8-4-3-5-9-16)19(26)13-15-7-6-10-17(22)20(15)23/h3-10,18,27H,11-14H2,1-2H3/t18-,21+/m1/s1. The number of halogens is 2. The minimum atomic E-state index is -1.08.